The van der Waals surface area contributed by atoms with Crippen LogP contribution in [-0.2, 0) is 4.74 Å². The zero-order valence-corrected chi connectivity index (χ0v) is 8.99. The van der Waals surface area contributed by atoms with Gasteiger partial charge in [-0.05, 0) is 26.3 Å². The highest BCUT2D eigenvalue weighted by molar-refractivity contribution is 9.09. The molecule has 0 aromatic carbocycles. The van der Waals surface area contributed by atoms with Crippen molar-refractivity contribution in [1.82, 2.24) is 5.32 Å². The Balaban J connectivity index is 2.89. The zero-order valence-electron chi connectivity index (χ0n) is 7.40. The van der Waals surface area contributed by atoms with Crippen molar-refractivity contribution in [1.29, 1.82) is 0 Å². The summed E-state index contributed by atoms with van der Waals surface area (Å²) in [5, 5.41) is 4.41. The van der Waals surface area contributed by atoms with Gasteiger partial charge in [-0.25, -0.2) is 0 Å². The van der Waals surface area contributed by atoms with Crippen LogP contribution in [0.2, 0.25) is 0 Å². The molecular weight excluding hydrogens is 206 g/mol. The monoisotopic (exact) mass is 223 g/mol. The third kappa shape index (κ3) is 8.30. The molecule has 0 radical (unpaired) electrons. The second-order valence-corrected chi connectivity index (χ2v) is 3.36. The molecule has 1 atom stereocenters. The van der Waals surface area contributed by atoms with E-state index in [9.17, 15) is 0 Å². The van der Waals surface area contributed by atoms with Gasteiger partial charge in [-0.2, -0.15) is 0 Å². The largest absolute Gasteiger partial charge is 0.385 e. The van der Waals surface area contributed by atoms with E-state index < -0.39 is 0 Å². The van der Waals surface area contributed by atoms with Crippen molar-refractivity contribution in [3.63, 3.8) is 0 Å². The van der Waals surface area contributed by atoms with E-state index in [1.54, 1.807) is 7.11 Å². The fraction of sp³-hybridized carbons (Fsp3) is 1.00. The second kappa shape index (κ2) is 8.50. The third-order valence-electron chi connectivity index (χ3n) is 1.50. The van der Waals surface area contributed by atoms with Gasteiger partial charge in [0.1, 0.15) is 0 Å². The first-order chi connectivity index (χ1) is 5.31. The molecule has 1 N–H and O–H groups in total. The molecule has 0 aliphatic heterocycles. The van der Waals surface area contributed by atoms with Crippen LogP contribution in [0, 0.1) is 0 Å². The van der Waals surface area contributed by atoms with Crippen LogP contribution < -0.4 is 5.32 Å². The van der Waals surface area contributed by atoms with Gasteiger partial charge in [0.25, 0.3) is 0 Å². The van der Waals surface area contributed by atoms with Crippen molar-refractivity contribution >= 4 is 15.9 Å². The number of ether oxygens (including phenoxy) is 1. The van der Waals surface area contributed by atoms with Gasteiger partial charge in [0.2, 0.25) is 0 Å². The van der Waals surface area contributed by atoms with E-state index in [0.717, 1.165) is 24.9 Å². The SMILES string of the molecule is COCCCCNC(C)CBr. The van der Waals surface area contributed by atoms with E-state index in [0.29, 0.717) is 6.04 Å². The summed E-state index contributed by atoms with van der Waals surface area (Å²) in [6.07, 6.45) is 2.35. The summed E-state index contributed by atoms with van der Waals surface area (Å²) in [4.78, 5) is 0. The minimum Gasteiger partial charge on any atom is -0.385 e. The summed E-state index contributed by atoms with van der Waals surface area (Å²) in [5.74, 6) is 0. The van der Waals surface area contributed by atoms with E-state index in [1.165, 1.54) is 6.42 Å². The number of nitrogens with one attached hydrogen (secondary N) is 1. The highest BCUT2D eigenvalue weighted by Crippen LogP contribution is 1.91. The van der Waals surface area contributed by atoms with Gasteiger partial charge in [0.15, 0.2) is 0 Å². The summed E-state index contributed by atoms with van der Waals surface area (Å²) in [6.45, 7) is 4.14. The number of hydrogen-bond donors (Lipinski definition) is 1. The van der Waals surface area contributed by atoms with Gasteiger partial charge >= 0.3 is 0 Å². The van der Waals surface area contributed by atoms with Crippen LogP contribution in [0.5, 0.6) is 0 Å². The lowest BCUT2D eigenvalue weighted by Gasteiger charge is -2.09. The van der Waals surface area contributed by atoms with Gasteiger partial charge in [0, 0.05) is 25.1 Å². The number of rotatable bonds is 7. The molecule has 0 saturated heterocycles. The standard InChI is InChI=1S/C8H18BrNO/c1-8(7-9)10-5-3-4-6-11-2/h8,10H,3-7H2,1-2H3. The Labute approximate surface area is 77.8 Å². The van der Waals surface area contributed by atoms with Crippen LogP contribution in [-0.4, -0.2) is 31.6 Å². The molecule has 11 heavy (non-hydrogen) atoms. The maximum absolute atomic E-state index is 4.94. The van der Waals surface area contributed by atoms with Crippen molar-refractivity contribution < 1.29 is 4.74 Å². The highest BCUT2D eigenvalue weighted by atomic mass is 79.9. The van der Waals surface area contributed by atoms with Crippen molar-refractivity contribution in [3.05, 3.63) is 0 Å². The van der Waals surface area contributed by atoms with Gasteiger partial charge < -0.3 is 10.1 Å². The molecule has 0 aliphatic rings. The molecule has 0 amide bonds. The molecule has 0 fully saturated rings. The van der Waals surface area contributed by atoms with Crippen molar-refractivity contribution in [2.45, 2.75) is 25.8 Å². The Morgan fingerprint density at radius 2 is 2.18 bits per heavy atom. The van der Waals surface area contributed by atoms with Crippen molar-refractivity contribution in [2.24, 2.45) is 0 Å². The molecule has 0 saturated carbocycles. The Hall–Kier alpha value is 0.400. The second-order valence-electron chi connectivity index (χ2n) is 2.71. The first-order valence-electron chi connectivity index (χ1n) is 4.09. The number of methoxy groups -OCH3 is 1. The summed E-state index contributed by atoms with van der Waals surface area (Å²) >= 11 is 3.41. The van der Waals surface area contributed by atoms with E-state index in [-0.39, 0.29) is 0 Å². The molecule has 0 aliphatic carbocycles. The Morgan fingerprint density at radius 3 is 2.73 bits per heavy atom. The maximum Gasteiger partial charge on any atom is 0.0462 e. The van der Waals surface area contributed by atoms with Gasteiger partial charge in [0.05, 0.1) is 0 Å². The van der Waals surface area contributed by atoms with Gasteiger partial charge in [-0.15, -0.1) is 0 Å². The van der Waals surface area contributed by atoms with Crippen molar-refractivity contribution in [2.75, 3.05) is 25.6 Å². The Kier molecular flexibility index (Phi) is 8.81. The number of unbranched alkanes of at least 4 members (excludes halogenated alkanes) is 1. The predicted octanol–water partition coefficient (Wildman–Crippen LogP) is 1.79. The molecule has 3 heteroatoms. The molecule has 0 spiro atoms. The van der Waals surface area contributed by atoms with Crippen LogP contribution in [0.1, 0.15) is 19.8 Å². The number of alkyl halides is 1. The quantitative estimate of drug-likeness (QED) is 0.525. The minimum absolute atomic E-state index is 0.581. The van der Waals surface area contributed by atoms with E-state index in [4.69, 9.17) is 4.74 Å². The normalized spacial score (nSPS) is 13.4. The Bertz CT molecular complexity index is 80.5. The molecule has 1 unspecified atom stereocenters. The lowest BCUT2D eigenvalue weighted by molar-refractivity contribution is 0.192. The minimum atomic E-state index is 0.581. The van der Waals surface area contributed by atoms with Crippen LogP contribution in [0.4, 0.5) is 0 Å². The molecule has 0 aromatic rings. The van der Waals surface area contributed by atoms with E-state index >= 15 is 0 Å². The van der Waals surface area contributed by atoms with Crippen LogP contribution in [0.25, 0.3) is 0 Å². The fourth-order valence-electron chi connectivity index (χ4n) is 0.774. The highest BCUT2D eigenvalue weighted by Gasteiger charge is 1.95. The van der Waals surface area contributed by atoms with E-state index in [2.05, 4.69) is 28.2 Å². The maximum atomic E-state index is 4.94. The van der Waals surface area contributed by atoms with Gasteiger partial charge in [-0.1, -0.05) is 15.9 Å². The average Bonchev–Trinajstić information content (AvgIpc) is 2.04. The first-order valence-corrected chi connectivity index (χ1v) is 5.21. The fourth-order valence-corrected chi connectivity index (χ4v) is 1.00. The van der Waals surface area contributed by atoms with Crippen molar-refractivity contribution in [3.8, 4) is 0 Å². The molecule has 0 aromatic heterocycles. The van der Waals surface area contributed by atoms with Gasteiger partial charge in [-0.3, -0.25) is 0 Å². The smallest absolute Gasteiger partial charge is 0.0462 e. The molecule has 0 rings (SSSR count). The molecule has 2 nitrogen and oxygen atoms in total. The lowest BCUT2D eigenvalue weighted by atomic mass is 10.3. The molecule has 68 valence electrons. The van der Waals surface area contributed by atoms with Crippen LogP contribution in [0.3, 0.4) is 0 Å². The number of hydrogen-bond acceptors (Lipinski definition) is 2. The van der Waals surface area contributed by atoms with Crippen LogP contribution >= 0.6 is 15.9 Å². The van der Waals surface area contributed by atoms with E-state index in [1.807, 2.05) is 0 Å². The molecule has 0 heterocycles. The third-order valence-corrected chi connectivity index (χ3v) is 2.47. The topological polar surface area (TPSA) is 21.3 Å². The van der Waals surface area contributed by atoms with Crippen LogP contribution in [0.15, 0.2) is 0 Å². The lowest BCUT2D eigenvalue weighted by Crippen LogP contribution is -2.28. The zero-order chi connectivity index (χ0) is 8.53. The molecular formula is C8H18BrNO. The summed E-state index contributed by atoms with van der Waals surface area (Å²) in [6, 6.07) is 0.581. The first kappa shape index (κ1) is 11.4. The number of halogens is 1. The summed E-state index contributed by atoms with van der Waals surface area (Å²) in [7, 11) is 1.74. The average molecular weight is 224 g/mol. The Morgan fingerprint density at radius 1 is 1.45 bits per heavy atom. The molecule has 0 bridgehead atoms. The predicted molar refractivity (Wildman–Crippen MR) is 52.4 cm³/mol. The summed E-state index contributed by atoms with van der Waals surface area (Å²) < 4.78 is 4.94. The summed E-state index contributed by atoms with van der Waals surface area (Å²) in [5.41, 5.74) is 0.